The molecular formula is C68H42N8Pt. The van der Waals surface area contributed by atoms with E-state index >= 15 is 0 Å². The molecule has 0 atom stereocenters. The molecule has 16 aromatic rings. The maximum Gasteiger partial charge on any atom is 2.00 e. The summed E-state index contributed by atoms with van der Waals surface area (Å²) in [6.45, 7) is 0. The summed E-state index contributed by atoms with van der Waals surface area (Å²) in [6, 6.07) is 94.5. The zero-order valence-corrected chi connectivity index (χ0v) is 43.4. The van der Waals surface area contributed by atoms with E-state index in [2.05, 4.69) is 231 Å². The molecule has 8 aromatic heterocycles. The zero-order valence-electron chi connectivity index (χ0n) is 41.1. The molecule has 0 aliphatic carbocycles. The van der Waals surface area contributed by atoms with Gasteiger partial charge in [0.05, 0.1) is 27.8 Å². The Bertz CT molecular complexity index is 4560. The van der Waals surface area contributed by atoms with Crippen molar-refractivity contribution >= 4 is 87.7 Å². The SMILES string of the molecule is [Pt+2].[c-]1ccccc1-c1ccc2c3ccccc3n(-c3ccc4c5ccccc5n(-c5[c-]cccc5)c4n3)c2n1.c1ccc(-c2ccc3c4ccccc4n(-c4ccc5c6ccccc6n(-c6ccccc6)c5n4)c3n2)cc1. The van der Waals surface area contributed by atoms with E-state index in [0.29, 0.717) is 0 Å². The minimum Gasteiger partial charge on any atom is -0.318 e. The van der Waals surface area contributed by atoms with Crippen molar-refractivity contribution in [1.29, 1.82) is 0 Å². The molecule has 0 radical (unpaired) electrons. The van der Waals surface area contributed by atoms with Crippen LogP contribution >= 0.6 is 0 Å². The third-order valence-electron chi connectivity index (χ3n) is 14.5. The smallest absolute Gasteiger partial charge is 0.318 e. The first kappa shape index (κ1) is 45.8. The molecule has 0 aliphatic heterocycles. The van der Waals surface area contributed by atoms with Crippen LogP contribution in [0.1, 0.15) is 0 Å². The van der Waals surface area contributed by atoms with E-state index in [1.807, 2.05) is 54.6 Å². The second-order valence-electron chi connectivity index (χ2n) is 18.9. The summed E-state index contributed by atoms with van der Waals surface area (Å²) in [6.07, 6.45) is 0. The van der Waals surface area contributed by atoms with Crippen molar-refractivity contribution in [1.82, 2.24) is 38.2 Å². The first-order valence-corrected chi connectivity index (χ1v) is 25.4. The van der Waals surface area contributed by atoms with Crippen LogP contribution in [0.3, 0.4) is 0 Å². The molecule has 0 fully saturated rings. The van der Waals surface area contributed by atoms with Gasteiger partial charge in [-0.3, -0.25) is 18.7 Å². The number of para-hydroxylation sites is 6. The molecule has 364 valence electrons. The fourth-order valence-corrected chi connectivity index (χ4v) is 11.1. The monoisotopic (exact) mass is 1170 g/mol. The van der Waals surface area contributed by atoms with E-state index in [4.69, 9.17) is 19.9 Å². The van der Waals surface area contributed by atoms with Crippen molar-refractivity contribution in [2.75, 3.05) is 0 Å². The van der Waals surface area contributed by atoms with Crippen LogP contribution in [0.15, 0.2) is 255 Å². The molecule has 8 aromatic carbocycles. The Labute approximate surface area is 456 Å². The fraction of sp³-hybridized carbons (Fsp3) is 0. The number of hydrogen-bond acceptors (Lipinski definition) is 4. The molecule has 0 aliphatic rings. The van der Waals surface area contributed by atoms with Crippen LogP contribution in [0.5, 0.6) is 0 Å². The summed E-state index contributed by atoms with van der Waals surface area (Å²) in [5.41, 5.74) is 14.0. The van der Waals surface area contributed by atoms with Gasteiger partial charge in [0.2, 0.25) is 0 Å². The van der Waals surface area contributed by atoms with Crippen molar-refractivity contribution in [2.45, 2.75) is 0 Å². The van der Waals surface area contributed by atoms with Gasteiger partial charge in [-0.05, 0) is 78.5 Å². The molecular weight excluding hydrogens is 1120 g/mol. The van der Waals surface area contributed by atoms with E-state index in [0.717, 1.165) is 117 Å². The van der Waals surface area contributed by atoms with E-state index in [9.17, 15) is 0 Å². The second kappa shape index (κ2) is 18.9. The first-order valence-electron chi connectivity index (χ1n) is 25.4. The van der Waals surface area contributed by atoms with Crippen LogP contribution in [-0.2, 0) is 21.1 Å². The van der Waals surface area contributed by atoms with Gasteiger partial charge in [0.25, 0.3) is 0 Å². The third kappa shape index (κ3) is 7.56. The maximum atomic E-state index is 5.32. The van der Waals surface area contributed by atoms with Crippen LogP contribution in [-0.4, -0.2) is 38.2 Å². The van der Waals surface area contributed by atoms with Crippen molar-refractivity contribution < 1.29 is 21.1 Å². The Morgan fingerprint density at radius 2 is 0.675 bits per heavy atom. The minimum atomic E-state index is 0. The molecule has 0 unspecified atom stereocenters. The fourth-order valence-electron chi connectivity index (χ4n) is 11.1. The van der Waals surface area contributed by atoms with Crippen LogP contribution in [0, 0.1) is 12.1 Å². The van der Waals surface area contributed by atoms with E-state index in [1.54, 1.807) is 0 Å². The molecule has 8 nitrogen and oxygen atoms in total. The second-order valence-corrected chi connectivity index (χ2v) is 18.9. The molecule has 0 bridgehead atoms. The Morgan fingerprint density at radius 1 is 0.273 bits per heavy atom. The van der Waals surface area contributed by atoms with E-state index in [-0.39, 0.29) is 21.1 Å². The summed E-state index contributed by atoms with van der Waals surface area (Å²) < 4.78 is 8.82. The number of benzene rings is 8. The third-order valence-corrected chi connectivity index (χ3v) is 14.5. The Hall–Kier alpha value is -9.75. The minimum absolute atomic E-state index is 0. The van der Waals surface area contributed by atoms with Crippen LogP contribution in [0.25, 0.3) is 133 Å². The summed E-state index contributed by atoms with van der Waals surface area (Å²) in [5, 5.41) is 9.13. The summed E-state index contributed by atoms with van der Waals surface area (Å²) in [4.78, 5) is 20.9. The molecule has 0 N–H and O–H groups in total. The Balaban J connectivity index is 0.000000138. The maximum absolute atomic E-state index is 5.32. The number of rotatable bonds is 6. The van der Waals surface area contributed by atoms with Gasteiger partial charge >= 0.3 is 21.1 Å². The Morgan fingerprint density at radius 3 is 1.19 bits per heavy atom. The Kier molecular flexibility index (Phi) is 11.2. The van der Waals surface area contributed by atoms with Gasteiger partial charge in [-0.1, -0.05) is 139 Å². The molecule has 0 saturated heterocycles. The normalized spacial score (nSPS) is 11.5. The predicted octanol–water partition coefficient (Wildman–Crippen LogP) is 16.3. The van der Waals surface area contributed by atoms with Crippen LogP contribution in [0.2, 0.25) is 0 Å². The van der Waals surface area contributed by atoms with Gasteiger partial charge in [-0.15, -0.1) is 42.0 Å². The first-order chi connectivity index (χ1) is 37.7. The van der Waals surface area contributed by atoms with Gasteiger partial charge in [0.15, 0.2) is 0 Å². The average Bonchev–Trinajstić information content (AvgIpc) is 4.33. The number of aromatic nitrogens is 8. The molecule has 77 heavy (non-hydrogen) atoms. The number of nitrogens with zero attached hydrogens (tertiary/aromatic N) is 8. The largest absolute Gasteiger partial charge is 2.00 e. The van der Waals surface area contributed by atoms with Gasteiger partial charge < -0.3 is 4.57 Å². The van der Waals surface area contributed by atoms with Gasteiger partial charge in [-0.25, -0.2) is 15.0 Å². The number of fused-ring (bicyclic) bond motifs is 12. The number of hydrogen-bond donors (Lipinski definition) is 0. The summed E-state index contributed by atoms with van der Waals surface area (Å²) in [5.74, 6) is 1.67. The van der Waals surface area contributed by atoms with Gasteiger partial charge in [0.1, 0.15) is 34.2 Å². The summed E-state index contributed by atoms with van der Waals surface area (Å²) in [7, 11) is 0. The van der Waals surface area contributed by atoms with E-state index in [1.165, 1.54) is 16.2 Å². The number of pyridine rings is 4. The zero-order chi connectivity index (χ0) is 50.1. The van der Waals surface area contributed by atoms with Gasteiger partial charge in [-0.2, -0.15) is 24.3 Å². The van der Waals surface area contributed by atoms with Gasteiger partial charge in [0, 0.05) is 54.3 Å². The topological polar surface area (TPSA) is 71.3 Å². The quantitative estimate of drug-likeness (QED) is 0.156. The van der Waals surface area contributed by atoms with Crippen molar-refractivity contribution in [3.05, 3.63) is 267 Å². The molecule has 16 rings (SSSR count). The van der Waals surface area contributed by atoms with Crippen LogP contribution in [0.4, 0.5) is 0 Å². The van der Waals surface area contributed by atoms with Crippen LogP contribution < -0.4 is 0 Å². The predicted molar refractivity (Wildman–Crippen MR) is 310 cm³/mol. The average molecular weight is 1170 g/mol. The standard InChI is InChI=1S/C34H22N4.C34H20N4.Pt/c2*1-3-11-23(12-4-1)29-21-19-27-26-16-8-10-18-31(26)38(33(27)35-29)32-22-20-28-25-15-7-9-17-30(25)37(34(28)36-32)24-13-5-2-6-14-24;/h1-22H;1-11,13,15-22H;/q;-2;+2. The molecule has 9 heteroatoms. The van der Waals surface area contributed by atoms with E-state index < -0.39 is 0 Å². The van der Waals surface area contributed by atoms with Crippen molar-refractivity contribution in [3.63, 3.8) is 0 Å². The molecule has 0 amide bonds. The van der Waals surface area contributed by atoms with Crippen molar-refractivity contribution in [2.24, 2.45) is 0 Å². The summed E-state index contributed by atoms with van der Waals surface area (Å²) >= 11 is 0. The molecule has 0 spiro atoms. The molecule has 8 heterocycles. The van der Waals surface area contributed by atoms with Crippen molar-refractivity contribution in [3.8, 4) is 45.5 Å². The molecule has 0 saturated carbocycles.